The number of guanidine groups is 1. The third-order valence-electron chi connectivity index (χ3n) is 4.46. The van der Waals surface area contributed by atoms with Gasteiger partial charge in [-0.1, -0.05) is 0 Å². The standard InChI is InChI=1S/C14H26F2N4O3S.HI/c1-17-14(19-10-12-3-2-8-23-12)18-9-11-4-6-20(7-5-11)24(21,22)13(15)16;/h11-13H,2-10H2,1H3,(H2,17,18,19);1H. The summed E-state index contributed by atoms with van der Waals surface area (Å²) < 4.78 is 54.4. The average molecular weight is 496 g/mol. The Kier molecular flexibility index (Phi) is 9.82. The first kappa shape index (κ1) is 22.8. The quantitative estimate of drug-likeness (QED) is 0.328. The average Bonchev–Trinajstić information content (AvgIpc) is 3.08. The zero-order valence-corrected chi connectivity index (χ0v) is 17.4. The lowest BCUT2D eigenvalue weighted by molar-refractivity contribution is 0.113. The number of aliphatic imine (C=N–C) groups is 1. The molecule has 2 heterocycles. The van der Waals surface area contributed by atoms with E-state index in [1.165, 1.54) is 0 Å². The highest BCUT2D eigenvalue weighted by atomic mass is 127. The van der Waals surface area contributed by atoms with Gasteiger partial charge in [0, 0.05) is 39.8 Å². The van der Waals surface area contributed by atoms with Crippen molar-refractivity contribution in [2.45, 2.75) is 37.5 Å². The second-order valence-electron chi connectivity index (χ2n) is 6.12. The van der Waals surface area contributed by atoms with Gasteiger partial charge in [-0.15, -0.1) is 24.0 Å². The van der Waals surface area contributed by atoms with E-state index in [1.807, 2.05) is 0 Å². The zero-order chi connectivity index (χ0) is 17.6. The molecule has 0 spiro atoms. The molecule has 2 rings (SSSR count). The first-order chi connectivity index (χ1) is 11.4. The molecule has 2 saturated heterocycles. The number of nitrogens with one attached hydrogen (secondary N) is 2. The molecule has 0 aromatic rings. The molecule has 2 N–H and O–H groups in total. The minimum atomic E-state index is -4.45. The topological polar surface area (TPSA) is 83.0 Å². The first-order valence-electron chi connectivity index (χ1n) is 8.26. The van der Waals surface area contributed by atoms with Gasteiger partial charge in [-0.25, -0.2) is 8.42 Å². The second-order valence-corrected chi connectivity index (χ2v) is 8.02. The largest absolute Gasteiger partial charge is 0.376 e. The van der Waals surface area contributed by atoms with E-state index in [9.17, 15) is 17.2 Å². The van der Waals surface area contributed by atoms with E-state index in [-0.39, 0.29) is 49.1 Å². The molecule has 2 aliphatic heterocycles. The lowest BCUT2D eigenvalue weighted by Crippen LogP contribution is -2.46. The Hall–Kier alpha value is -0.270. The molecule has 0 aromatic heterocycles. The molecule has 2 aliphatic rings. The summed E-state index contributed by atoms with van der Waals surface area (Å²) in [4.78, 5) is 4.14. The summed E-state index contributed by atoms with van der Waals surface area (Å²) in [7, 11) is -2.76. The van der Waals surface area contributed by atoms with Crippen molar-refractivity contribution in [1.29, 1.82) is 0 Å². The molecule has 0 radical (unpaired) electrons. The summed E-state index contributed by atoms with van der Waals surface area (Å²) in [6, 6.07) is 0. The lowest BCUT2D eigenvalue weighted by atomic mass is 9.98. The first-order valence-corrected chi connectivity index (χ1v) is 9.77. The van der Waals surface area contributed by atoms with Gasteiger partial charge in [-0.05, 0) is 31.6 Å². The predicted molar refractivity (Wildman–Crippen MR) is 103 cm³/mol. The number of hydrogen-bond donors (Lipinski definition) is 2. The lowest BCUT2D eigenvalue weighted by Gasteiger charge is -2.31. The van der Waals surface area contributed by atoms with Crippen molar-refractivity contribution in [2.75, 3.05) is 39.8 Å². The van der Waals surface area contributed by atoms with Crippen LogP contribution in [-0.4, -0.2) is 70.4 Å². The molecule has 148 valence electrons. The molecule has 0 bridgehead atoms. The van der Waals surface area contributed by atoms with Crippen LogP contribution in [0.4, 0.5) is 8.78 Å². The van der Waals surface area contributed by atoms with E-state index in [0.29, 0.717) is 31.9 Å². The van der Waals surface area contributed by atoms with Crippen molar-refractivity contribution in [3.05, 3.63) is 0 Å². The van der Waals surface area contributed by atoms with E-state index in [0.717, 1.165) is 23.8 Å². The fourth-order valence-electron chi connectivity index (χ4n) is 2.96. The zero-order valence-electron chi connectivity index (χ0n) is 14.3. The third kappa shape index (κ3) is 6.75. The molecular formula is C14H27F2IN4O3S. The van der Waals surface area contributed by atoms with Crippen molar-refractivity contribution in [1.82, 2.24) is 14.9 Å². The Bertz CT molecular complexity index is 522. The summed E-state index contributed by atoms with van der Waals surface area (Å²) in [6.45, 7) is 2.42. The smallest absolute Gasteiger partial charge is 0.350 e. The molecule has 0 saturated carbocycles. The van der Waals surface area contributed by atoms with Crippen LogP contribution in [0.1, 0.15) is 25.7 Å². The van der Waals surface area contributed by atoms with E-state index in [1.54, 1.807) is 7.05 Å². The van der Waals surface area contributed by atoms with Gasteiger partial charge in [0.2, 0.25) is 0 Å². The third-order valence-corrected chi connectivity index (χ3v) is 6.00. The summed E-state index contributed by atoms with van der Waals surface area (Å²) in [5.74, 6) is -2.43. The number of alkyl halides is 2. The fourth-order valence-corrected chi connectivity index (χ4v) is 3.90. The molecule has 1 atom stereocenters. The van der Waals surface area contributed by atoms with Crippen molar-refractivity contribution in [2.24, 2.45) is 10.9 Å². The van der Waals surface area contributed by atoms with Crippen LogP contribution < -0.4 is 10.6 Å². The molecule has 2 fully saturated rings. The molecule has 0 aromatic carbocycles. The Morgan fingerprint density at radius 3 is 2.40 bits per heavy atom. The van der Waals surface area contributed by atoms with Gasteiger partial charge in [-0.2, -0.15) is 13.1 Å². The Morgan fingerprint density at radius 2 is 1.88 bits per heavy atom. The van der Waals surface area contributed by atoms with Crippen molar-refractivity contribution in [3.8, 4) is 0 Å². The van der Waals surface area contributed by atoms with E-state index >= 15 is 0 Å². The van der Waals surface area contributed by atoms with Crippen LogP contribution >= 0.6 is 24.0 Å². The highest BCUT2D eigenvalue weighted by Crippen LogP contribution is 2.22. The van der Waals surface area contributed by atoms with Gasteiger partial charge in [0.05, 0.1) is 6.10 Å². The van der Waals surface area contributed by atoms with Crippen molar-refractivity contribution >= 4 is 40.0 Å². The molecule has 11 heteroatoms. The maximum Gasteiger partial charge on any atom is 0.350 e. The van der Waals surface area contributed by atoms with Crippen LogP contribution in [0.3, 0.4) is 0 Å². The molecular weight excluding hydrogens is 469 g/mol. The summed E-state index contributed by atoms with van der Waals surface area (Å²) in [5, 5.41) is 6.41. The number of rotatable bonds is 6. The van der Waals surface area contributed by atoms with Crippen LogP contribution in [0.15, 0.2) is 4.99 Å². The highest BCUT2D eigenvalue weighted by molar-refractivity contribution is 14.0. The van der Waals surface area contributed by atoms with Gasteiger partial charge in [0.1, 0.15) is 0 Å². The van der Waals surface area contributed by atoms with Gasteiger partial charge in [0.15, 0.2) is 5.96 Å². The normalized spacial score (nSPS) is 23.5. The van der Waals surface area contributed by atoms with Crippen molar-refractivity contribution in [3.63, 3.8) is 0 Å². The SMILES string of the molecule is CN=C(NCC1CCN(S(=O)(=O)C(F)F)CC1)NCC1CCCO1.I. The van der Waals surface area contributed by atoms with Gasteiger partial charge in [-0.3, -0.25) is 4.99 Å². The van der Waals surface area contributed by atoms with E-state index in [4.69, 9.17) is 4.74 Å². The van der Waals surface area contributed by atoms with Gasteiger partial charge >= 0.3 is 5.76 Å². The number of nitrogens with zero attached hydrogens (tertiary/aromatic N) is 2. The van der Waals surface area contributed by atoms with E-state index in [2.05, 4.69) is 15.6 Å². The summed E-state index contributed by atoms with van der Waals surface area (Å²) in [6.07, 6.45) is 3.45. The number of sulfonamides is 1. The fraction of sp³-hybridized carbons (Fsp3) is 0.929. The Labute approximate surface area is 165 Å². The maximum atomic E-state index is 12.5. The Morgan fingerprint density at radius 1 is 1.24 bits per heavy atom. The van der Waals surface area contributed by atoms with Crippen LogP contribution in [0.5, 0.6) is 0 Å². The van der Waals surface area contributed by atoms with Gasteiger partial charge < -0.3 is 15.4 Å². The van der Waals surface area contributed by atoms with Crippen LogP contribution in [-0.2, 0) is 14.8 Å². The maximum absolute atomic E-state index is 12.5. The molecule has 25 heavy (non-hydrogen) atoms. The number of piperidine rings is 1. The minimum absolute atomic E-state index is 0. The predicted octanol–water partition coefficient (Wildman–Crippen LogP) is 1.21. The molecule has 1 unspecified atom stereocenters. The van der Waals surface area contributed by atoms with E-state index < -0.39 is 15.8 Å². The van der Waals surface area contributed by atoms with Crippen molar-refractivity contribution < 1.29 is 21.9 Å². The monoisotopic (exact) mass is 496 g/mol. The number of hydrogen-bond acceptors (Lipinski definition) is 4. The Balaban J connectivity index is 0.00000312. The molecule has 0 amide bonds. The summed E-state index contributed by atoms with van der Waals surface area (Å²) >= 11 is 0. The van der Waals surface area contributed by atoms with Crippen LogP contribution in [0.25, 0.3) is 0 Å². The number of halogens is 3. The second kappa shape index (κ2) is 10.8. The van der Waals surface area contributed by atoms with Gasteiger partial charge in [0.25, 0.3) is 10.0 Å². The van der Waals surface area contributed by atoms with Crippen LogP contribution in [0.2, 0.25) is 0 Å². The minimum Gasteiger partial charge on any atom is -0.376 e. The molecule has 7 nitrogen and oxygen atoms in total. The molecule has 0 aliphatic carbocycles. The number of ether oxygens (including phenoxy) is 1. The highest BCUT2D eigenvalue weighted by Gasteiger charge is 2.34. The summed E-state index contributed by atoms with van der Waals surface area (Å²) in [5.41, 5.74) is 0. The van der Waals surface area contributed by atoms with Crippen LogP contribution in [0, 0.1) is 5.92 Å².